The second-order valence-corrected chi connectivity index (χ2v) is 7.28. The van der Waals surface area contributed by atoms with E-state index in [2.05, 4.69) is 58.4 Å². The number of hydrogen-bond acceptors (Lipinski definition) is 6. The Morgan fingerprint density at radius 1 is 1.07 bits per heavy atom. The fraction of sp³-hybridized carbons (Fsp3) is 0.273. The number of rotatable bonds is 6. The van der Waals surface area contributed by atoms with Crippen molar-refractivity contribution >= 4 is 17.9 Å². The zero-order valence-corrected chi connectivity index (χ0v) is 16.4. The highest BCUT2D eigenvalue weighted by atomic mass is 16.6. The van der Waals surface area contributed by atoms with Gasteiger partial charge in [-0.05, 0) is 40.8 Å². The Kier molecular flexibility index (Phi) is 5.37. The molecule has 2 aromatic heterocycles. The van der Waals surface area contributed by atoms with Gasteiger partial charge in [0.05, 0.1) is 6.04 Å². The molecule has 7 heteroatoms. The van der Waals surface area contributed by atoms with E-state index in [4.69, 9.17) is 4.74 Å². The van der Waals surface area contributed by atoms with Gasteiger partial charge >= 0.3 is 6.09 Å². The maximum Gasteiger partial charge on any atom is 0.415 e. The molecule has 3 heterocycles. The minimum Gasteiger partial charge on any atom is -0.447 e. The van der Waals surface area contributed by atoms with Gasteiger partial charge in [0, 0.05) is 25.1 Å². The third kappa shape index (κ3) is 4.18. The SMILES string of the molecule is CC(C)C1COC(=O)N1c1ccnc(NCc2ccc(-c3ccncc3)cc2)n1. The van der Waals surface area contributed by atoms with Gasteiger partial charge in [0.15, 0.2) is 0 Å². The molecule has 1 aromatic carbocycles. The maximum absolute atomic E-state index is 12.1. The number of nitrogens with one attached hydrogen (secondary N) is 1. The van der Waals surface area contributed by atoms with E-state index in [1.807, 2.05) is 12.1 Å². The van der Waals surface area contributed by atoms with Crippen molar-refractivity contribution in [2.75, 3.05) is 16.8 Å². The minimum atomic E-state index is -0.361. The molecular formula is C22H23N5O2. The first-order valence-corrected chi connectivity index (χ1v) is 9.64. The number of ether oxygens (including phenoxy) is 1. The van der Waals surface area contributed by atoms with Crippen LogP contribution >= 0.6 is 0 Å². The summed E-state index contributed by atoms with van der Waals surface area (Å²) in [6, 6.07) is 14.0. The fourth-order valence-corrected chi connectivity index (χ4v) is 3.30. The number of carbonyl (C=O) groups excluding carboxylic acids is 1. The molecule has 1 amide bonds. The number of carbonyl (C=O) groups is 1. The summed E-state index contributed by atoms with van der Waals surface area (Å²) in [5.41, 5.74) is 3.38. The van der Waals surface area contributed by atoms with E-state index in [-0.39, 0.29) is 18.1 Å². The Hall–Kier alpha value is -3.48. The van der Waals surface area contributed by atoms with Gasteiger partial charge in [0.25, 0.3) is 0 Å². The van der Waals surface area contributed by atoms with Crippen molar-refractivity contribution in [1.82, 2.24) is 15.0 Å². The summed E-state index contributed by atoms with van der Waals surface area (Å²) < 4.78 is 5.21. The average molecular weight is 389 g/mol. The summed E-state index contributed by atoms with van der Waals surface area (Å²) in [5, 5.41) is 3.23. The molecule has 1 fully saturated rings. The number of anilines is 2. The van der Waals surface area contributed by atoms with Crippen LogP contribution in [-0.4, -0.2) is 33.7 Å². The molecule has 1 aliphatic heterocycles. The van der Waals surface area contributed by atoms with E-state index in [0.717, 1.165) is 16.7 Å². The van der Waals surface area contributed by atoms with E-state index < -0.39 is 0 Å². The smallest absolute Gasteiger partial charge is 0.415 e. The topological polar surface area (TPSA) is 80.2 Å². The van der Waals surface area contributed by atoms with Gasteiger partial charge in [0.2, 0.25) is 5.95 Å². The minimum absolute atomic E-state index is 0.0222. The molecule has 29 heavy (non-hydrogen) atoms. The van der Waals surface area contributed by atoms with Crippen LogP contribution in [0, 0.1) is 5.92 Å². The van der Waals surface area contributed by atoms with E-state index >= 15 is 0 Å². The molecule has 148 valence electrons. The van der Waals surface area contributed by atoms with Gasteiger partial charge in [0.1, 0.15) is 12.4 Å². The first-order valence-electron chi connectivity index (χ1n) is 9.64. The molecule has 1 N–H and O–H groups in total. The van der Waals surface area contributed by atoms with Crippen LogP contribution in [0.4, 0.5) is 16.6 Å². The second kappa shape index (κ2) is 8.26. The van der Waals surface area contributed by atoms with Crippen molar-refractivity contribution in [1.29, 1.82) is 0 Å². The highest BCUT2D eigenvalue weighted by Crippen LogP contribution is 2.26. The molecule has 0 aliphatic carbocycles. The van der Waals surface area contributed by atoms with Gasteiger partial charge in [-0.1, -0.05) is 38.1 Å². The first kappa shape index (κ1) is 18.9. The summed E-state index contributed by atoms with van der Waals surface area (Å²) >= 11 is 0. The van der Waals surface area contributed by atoms with Crippen molar-refractivity contribution in [2.45, 2.75) is 26.4 Å². The van der Waals surface area contributed by atoms with Crippen LogP contribution in [0.5, 0.6) is 0 Å². The molecule has 7 nitrogen and oxygen atoms in total. The molecule has 3 aromatic rings. The summed E-state index contributed by atoms with van der Waals surface area (Å²) in [6.45, 7) is 5.09. The summed E-state index contributed by atoms with van der Waals surface area (Å²) in [6.07, 6.45) is 4.87. The number of aromatic nitrogens is 3. The average Bonchev–Trinajstić information content (AvgIpc) is 3.15. The Morgan fingerprint density at radius 2 is 1.79 bits per heavy atom. The molecule has 0 saturated carbocycles. The Labute approximate surface area is 169 Å². The largest absolute Gasteiger partial charge is 0.447 e. The normalized spacial score (nSPS) is 16.2. The zero-order valence-electron chi connectivity index (χ0n) is 16.4. The number of pyridine rings is 1. The van der Waals surface area contributed by atoms with Gasteiger partial charge in [-0.3, -0.25) is 9.88 Å². The highest BCUT2D eigenvalue weighted by molar-refractivity contribution is 5.89. The molecule has 0 radical (unpaired) electrons. The molecule has 0 bridgehead atoms. The Morgan fingerprint density at radius 3 is 2.52 bits per heavy atom. The van der Waals surface area contributed by atoms with Crippen LogP contribution in [-0.2, 0) is 11.3 Å². The zero-order chi connectivity index (χ0) is 20.2. The predicted molar refractivity (Wildman–Crippen MR) is 111 cm³/mol. The number of nitrogens with zero attached hydrogens (tertiary/aromatic N) is 4. The lowest BCUT2D eigenvalue weighted by Crippen LogP contribution is -2.37. The Bertz CT molecular complexity index is 976. The summed E-state index contributed by atoms with van der Waals surface area (Å²) in [4.78, 5) is 26.6. The molecule has 1 saturated heterocycles. The third-order valence-electron chi connectivity index (χ3n) is 4.98. The summed E-state index contributed by atoms with van der Waals surface area (Å²) in [5.74, 6) is 1.30. The third-order valence-corrected chi connectivity index (χ3v) is 4.98. The van der Waals surface area contributed by atoms with Crippen LogP contribution in [0.1, 0.15) is 19.4 Å². The van der Waals surface area contributed by atoms with Crippen molar-refractivity contribution in [3.05, 3.63) is 66.6 Å². The standard InChI is InChI=1S/C22H23N5O2/c1-15(2)19-14-29-22(28)27(19)20-9-12-24-21(26-20)25-13-16-3-5-17(6-4-16)18-7-10-23-11-8-18/h3-12,15,19H,13-14H2,1-2H3,(H,24,25,26). The van der Waals surface area contributed by atoms with Crippen LogP contribution in [0.3, 0.4) is 0 Å². The summed E-state index contributed by atoms with van der Waals surface area (Å²) in [7, 11) is 0. The lowest BCUT2D eigenvalue weighted by molar-refractivity contribution is 0.177. The van der Waals surface area contributed by atoms with Crippen molar-refractivity contribution in [2.24, 2.45) is 5.92 Å². The molecule has 0 spiro atoms. The number of hydrogen-bond donors (Lipinski definition) is 1. The monoisotopic (exact) mass is 389 g/mol. The second-order valence-electron chi connectivity index (χ2n) is 7.28. The number of benzene rings is 1. The number of amides is 1. The van der Waals surface area contributed by atoms with Gasteiger partial charge in [-0.25, -0.2) is 9.78 Å². The van der Waals surface area contributed by atoms with Crippen molar-refractivity contribution in [3.8, 4) is 11.1 Å². The Balaban J connectivity index is 1.44. The van der Waals surface area contributed by atoms with Crippen LogP contribution in [0.25, 0.3) is 11.1 Å². The molecule has 1 unspecified atom stereocenters. The van der Waals surface area contributed by atoms with Crippen molar-refractivity contribution in [3.63, 3.8) is 0 Å². The van der Waals surface area contributed by atoms with Gasteiger partial charge in [-0.2, -0.15) is 4.98 Å². The van der Waals surface area contributed by atoms with E-state index in [0.29, 0.717) is 24.9 Å². The quantitative estimate of drug-likeness (QED) is 0.683. The maximum atomic E-state index is 12.1. The molecule has 1 atom stereocenters. The van der Waals surface area contributed by atoms with Gasteiger partial charge < -0.3 is 10.1 Å². The highest BCUT2D eigenvalue weighted by Gasteiger charge is 2.37. The molecular weight excluding hydrogens is 366 g/mol. The van der Waals surface area contributed by atoms with E-state index in [1.54, 1.807) is 29.6 Å². The van der Waals surface area contributed by atoms with Crippen LogP contribution in [0.2, 0.25) is 0 Å². The van der Waals surface area contributed by atoms with Crippen molar-refractivity contribution < 1.29 is 9.53 Å². The molecule has 1 aliphatic rings. The lowest BCUT2D eigenvalue weighted by atomic mass is 10.0. The lowest BCUT2D eigenvalue weighted by Gasteiger charge is -2.23. The van der Waals surface area contributed by atoms with Crippen LogP contribution in [0.15, 0.2) is 61.1 Å². The number of cyclic esters (lactones) is 1. The molecule has 4 rings (SSSR count). The predicted octanol–water partition coefficient (Wildman–Crippen LogP) is 4.13. The fourth-order valence-electron chi connectivity index (χ4n) is 3.30. The van der Waals surface area contributed by atoms with Crippen LogP contribution < -0.4 is 10.2 Å². The van der Waals surface area contributed by atoms with E-state index in [1.165, 1.54) is 0 Å². The van der Waals surface area contributed by atoms with E-state index in [9.17, 15) is 4.79 Å². The first-order chi connectivity index (χ1) is 14.1. The van der Waals surface area contributed by atoms with Gasteiger partial charge in [-0.15, -0.1) is 0 Å².